The van der Waals surface area contributed by atoms with Crippen LogP contribution in [0.15, 0.2) is 24.3 Å². The highest BCUT2D eigenvalue weighted by Crippen LogP contribution is 2.22. The zero-order chi connectivity index (χ0) is 16.3. The van der Waals surface area contributed by atoms with Gasteiger partial charge in [0, 0.05) is 4.88 Å². The maximum atomic E-state index is 12.4. The predicted molar refractivity (Wildman–Crippen MR) is 85.2 cm³/mol. The number of rotatable bonds is 5. The zero-order valence-electron chi connectivity index (χ0n) is 12.7. The number of carbonyl (C=O) groups excluding carboxylic acids is 1. The number of benzene rings is 1. The highest BCUT2D eigenvalue weighted by Gasteiger charge is 2.22. The van der Waals surface area contributed by atoms with Crippen molar-refractivity contribution in [3.63, 3.8) is 0 Å². The molecule has 0 aliphatic rings. The summed E-state index contributed by atoms with van der Waals surface area (Å²) in [5.74, 6) is -1.30. The van der Waals surface area contributed by atoms with Gasteiger partial charge in [-0.05, 0) is 31.9 Å². The van der Waals surface area contributed by atoms with Crippen LogP contribution in [0.3, 0.4) is 0 Å². The molecule has 0 aliphatic heterocycles. The van der Waals surface area contributed by atoms with E-state index in [4.69, 9.17) is 5.11 Å². The topological polar surface area (TPSA) is 79.3 Å². The SMILES string of the molecule is Cc1nc(C(=O)NC(CC(=O)O)c2ccccc2C)c(C)s1. The summed E-state index contributed by atoms with van der Waals surface area (Å²) in [6.07, 6.45) is -0.168. The molecule has 1 unspecified atom stereocenters. The quantitative estimate of drug-likeness (QED) is 0.888. The van der Waals surface area contributed by atoms with Gasteiger partial charge in [-0.25, -0.2) is 4.98 Å². The molecule has 0 bridgehead atoms. The van der Waals surface area contributed by atoms with Gasteiger partial charge in [0.1, 0.15) is 5.69 Å². The number of nitrogens with zero attached hydrogens (tertiary/aromatic N) is 1. The van der Waals surface area contributed by atoms with Crippen molar-refractivity contribution in [2.24, 2.45) is 0 Å². The highest BCUT2D eigenvalue weighted by molar-refractivity contribution is 7.11. The Morgan fingerprint density at radius 1 is 1.27 bits per heavy atom. The summed E-state index contributed by atoms with van der Waals surface area (Å²) in [6.45, 7) is 5.57. The first-order valence-corrected chi connectivity index (χ1v) is 7.72. The normalized spacial score (nSPS) is 12.0. The zero-order valence-corrected chi connectivity index (χ0v) is 13.5. The van der Waals surface area contributed by atoms with Gasteiger partial charge in [0.25, 0.3) is 5.91 Å². The Morgan fingerprint density at radius 3 is 2.50 bits per heavy atom. The van der Waals surface area contributed by atoms with Crippen LogP contribution < -0.4 is 5.32 Å². The third-order valence-electron chi connectivity index (χ3n) is 3.37. The Labute approximate surface area is 133 Å². The standard InChI is InChI=1S/C16H18N2O3S/c1-9-6-4-5-7-12(9)13(8-14(19)20)18-16(21)15-10(2)22-11(3)17-15/h4-7,13H,8H2,1-3H3,(H,18,21)(H,19,20). The van der Waals surface area contributed by atoms with Crippen LogP contribution >= 0.6 is 11.3 Å². The van der Waals surface area contributed by atoms with Gasteiger partial charge in [0.2, 0.25) is 0 Å². The van der Waals surface area contributed by atoms with E-state index in [2.05, 4.69) is 10.3 Å². The minimum absolute atomic E-state index is 0.168. The molecule has 1 aromatic heterocycles. The molecule has 22 heavy (non-hydrogen) atoms. The van der Waals surface area contributed by atoms with Gasteiger partial charge in [-0.2, -0.15) is 0 Å². The third-order valence-corrected chi connectivity index (χ3v) is 4.25. The third kappa shape index (κ3) is 3.71. The molecular weight excluding hydrogens is 300 g/mol. The Balaban J connectivity index is 2.27. The molecule has 0 fully saturated rings. The molecule has 2 aromatic rings. The monoisotopic (exact) mass is 318 g/mol. The number of aromatic nitrogens is 1. The summed E-state index contributed by atoms with van der Waals surface area (Å²) in [6, 6.07) is 6.87. The van der Waals surface area contributed by atoms with Gasteiger partial charge in [-0.3, -0.25) is 9.59 Å². The molecule has 0 saturated heterocycles. The van der Waals surface area contributed by atoms with Crippen LogP contribution in [0.25, 0.3) is 0 Å². The molecule has 2 rings (SSSR count). The number of hydrogen-bond donors (Lipinski definition) is 2. The molecule has 1 aromatic carbocycles. The summed E-state index contributed by atoms with van der Waals surface area (Å²) in [4.78, 5) is 28.6. The fraction of sp³-hybridized carbons (Fsp3) is 0.312. The number of thiazole rings is 1. The molecular formula is C16H18N2O3S. The first-order valence-electron chi connectivity index (χ1n) is 6.90. The van der Waals surface area contributed by atoms with Crippen molar-refractivity contribution in [2.75, 3.05) is 0 Å². The van der Waals surface area contributed by atoms with Gasteiger partial charge in [0.15, 0.2) is 0 Å². The molecule has 116 valence electrons. The average molecular weight is 318 g/mol. The van der Waals surface area contributed by atoms with Gasteiger partial charge < -0.3 is 10.4 Å². The fourth-order valence-corrected chi connectivity index (χ4v) is 3.17. The fourth-order valence-electron chi connectivity index (χ4n) is 2.36. The molecule has 2 N–H and O–H groups in total. The second-order valence-electron chi connectivity index (χ2n) is 5.12. The van der Waals surface area contributed by atoms with Crippen LogP contribution in [0.5, 0.6) is 0 Å². The molecule has 0 spiro atoms. The summed E-state index contributed by atoms with van der Waals surface area (Å²) in [5.41, 5.74) is 2.12. The lowest BCUT2D eigenvalue weighted by molar-refractivity contribution is -0.137. The van der Waals surface area contributed by atoms with Gasteiger partial charge >= 0.3 is 5.97 Å². The molecule has 1 heterocycles. The number of nitrogens with one attached hydrogen (secondary N) is 1. The van der Waals surface area contributed by atoms with Crippen LogP contribution in [0, 0.1) is 20.8 Å². The summed E-state index contributed by atoms with van der Waals surface area (Å²) < 4.78 is 0. The average Bonchev–Trinajstić information content (AvgIpc) is 2.77. The number of carboxylic acids is 1. The van der Waals surface area contributed by atoms with E-state index in [1.807, 2.05) is 45.0 Å². The molecule has 0 radical (unpaired) electrons. The number of carbonyl (C=O) groups is 2. The Morgan fingerprint density at radius 2 is 1.95 bits per heavy atom. The molecule has 1 amide bonds. The molecule has 0 saturated carbocycles. The van der Waals surface area contributed by atoms with Gasteiger partial charge in [0.05, 0.1) is 17.5 Å². The van der Waals surface area contributed by atoms with E-state index >= 15 is 0 Å². The minimum Gasteiger partial charge on any atom is -0.481 e. The maximum Gasteiger partial charge on any atom is 0.305 e. The van der Waals surface area contributed by atoms with Crippen molar-refractivity contribution in [3.05, 3.63) is 51.0 Å². The van der Waals surface area contributed by atoms with Crippen LogP contribution in [0.2, 0.25) is 0 Å². The summed E-state index contributed by atoms with van der Waals surface area (Å²) in [5, 5.41) is 12.7. The Bertz CT molecular complexity index is 709. The van der Waals surface area contributed by atoms with Crippen LogP contribution in [0.4, 0.5) is 0 Å². The maximum absolute atomic E-state index is 12.4. The largest absolute Gasteiger partial charge is 0.481 e. The van der Waals surface area contributed by atoms with E-state index in [0.29, 0.717) is 5.69 Å². The van der Waals surface area contributed by atoms with Gasteiger partial charge in [-0.1, -0.05) is 24.3 Å². The Kier molecular flexibility index (Phi) is 4.92. The number of aryl methyl sites for hydroxylation is 3. The van der Waals surface area contributed by atoms with E-state index in [-0.39, 0.29) is 12.3 Å². The summed E-state index contributed by atoms with van der Waals surface area (Å²) >= 11 is 1.45. The van der Waals surface area contributed by atoms with Crippen LogP contribution in [-0.4, -0.2) is 22.0 Å². The number of aliphatic carboxylic acids is 1. The molecule has 5 nitrogen and oxygen atoms in total. The lowest BCUT2D eigenvalue weighted by Gasteiger charge is -2.19. The molecule has 6 heteroatoms. The van der Waals surface area contributed by atoms with E-state index in [9.17, 15) is 9.59 Å². The van der Waals surface area contributed by atoms with Crippen molar-refractivity contribution in [2.45, 2.75) is 33.2 Å². The van der Waals surface area contributed by atoms with E-state index < -0.39 is 12.0 Å². The van der Waals surface area contributed by atoms with Crippen molar-refractivity contribution in [1.29, 1.82) is 0 Å². The predicted octanol–water partition coefficient (Wildman–Crippen LogP) is 3.01. The highest BCUT2D eigenvalue weighted by atomic mass is 32.1. The van der Waals surface area contributed by atoms with E-state index in [1.54, 1.807) is 0 Å². The smallest absolute Gasteiger partial charge is 0.305 e. The lowest BCUT2D eigenvalue weighted by Crippen LogP contribution is -2.31. The number of amides is 1. The minimum atomic E-state index is -0.959. The van der Waals surface area contributed by atoms with E-state index in [1.165, 1.54) is 11.3 Å². The molecule has 0 aliphatic carbocycles. The number of carboxylic acid groups (broad SMARTS) is 1. The first-order chi connectivity index (χ1) is 10.4. The van der Waals surface area contributed by atoms with Crippen molar-refractivity contribution in [1.82, 2.24) is 10.3 Å². The van der Waals surface area contributed by atoms with Crippen molar-refractivity contribution >= 4 is 23.2 Å². The summed E-state index contributed by atoms with van der Waals surface area (Å²) in [7, 11) is 0. The van der Waals surface area contributed by atoms with Crippen LogP contribution in [-0.2, 0) is 4.79 Å². The second-order valence-corrected chi connectivity index (χ2v) is 6.53. The number of hydrogen-bond acceptors (Lipinski definition) is 4. The van der Waals surface area contributed by atoms with Crippen LogP contribution in [0.1, 0.15) is 44.0 Å². The van der Waals surface area contributed by atoms with Crippen molar-refractivity contribution in [3.8, 4) is 0 Å². The van der Waals surface area contributed by atoms with Gasteiger partial charge in [-0.15, -0.1) is 11.3 Å². The molecule has 1 atom stereocenters. The Hall–Kier alpha value is -2.21. The lowest BCUT2D eigenvalue weighted by atomic mass is 9.98. The van der Waals surface area contributed by atoms with Crippen molar-refractivity contribution < 1.29 is 14.7 Å². The second kappa shape index (κ2) is 6.70. The van der Waals surface area contributed by atoms with E-state index in [0.717, 1.165) is 21.0 Å². The first kappa shape index (κ1) is 16.2.